The normalized spacial score (nSPS) is 17.7. The Morgan fingerprint density at radius 2 is 1.97 bits per heavy atom. The fraction of sp³-hybridized carbons (Fsp3) is 0.316. The number of aromatic nitrogens is 1. The molecule has 172 valence electrons. The molecule has 2 atom stereocenters. The second kappa shape index (κ2) is 8.85. The molecule has 0 aliphatic carbocycles. The molecule has 3 amide bonds. The predicted molar refractivity (Wildman–Crippen MR) is 100 cm³/mol. The summed E-state index contributed by atoms with van der Waals surface area (Å²) in [5.74, 6) is -4.63. The van der Waals surface area contributed by atoms with Crippen molar-refractivity contribution >= 4 is 23.5 Å². The molecule has 2 N–H and O–H groups in total. The zero-order valence-electron chi connectivity index (χ0n) is 16.2. The molecular weight excluding hydrogens is 466 g/mol. The number of nitrogens with one attached hydrogen (secondary N) is 2. The molecule has 0 spiro atoms. The van der Waals surface area contributed by atoms with Crippen LogP contribution in [0.15, 0.2) is 24.4 Å². The van der Waals surface area contributed by atoms with Crippen molar-refractivity contribution in [3.05, 3.63) is 63.7 Å². The van der Waals surface area contributed by atoms with Gasteiger partial charge in [0.05, 0.1) is 6.04 Å². The van der Waals surface area contributed by atoms with Crippen LogP contribution in [0, 0.1) is 17.5 Å². The highest BCUT2D eigenvalue weighted by atomic mass is 35.5. The van der Waals surface area contributed by atoms with Gasteiger partial charge in [-0.1, -0.05) is 17.7 Å². The molecule has 32 heavy (non-hydrogen) atoms. The molecule has 3 rings (SSSR count). The quantitative estimate of drug-likeness (QED) is 0.518. The summed E-state index contributed by atoms with van der Waals surface area (Å²) in [4.78, 5) is 28.8. The Morgan fingerprint density at radius 1 is 1.28 bits per heavy atom. The summed E-state index contributed by atoms with van der Waals surface area (Å²) in [6.45, 7) is 1.64. The number of amides is 3. The number of pyridine rings is 1. The average Bonchev–Trinajstić information content (AvgIpc) is 2.71. The fourth-order valence-corrected chi connectivity index (χ4v) is 3.36. The van der Waals surface area contributed by atoms with E-state index in [1.807, 2.05) is 0 Å². The molecule has 1 fully saturated rings. The largest absolute Gasteiger partial charge is 0.436 e. The Morgan fingerprint density at radius 3 is 2.59 bits per heavy atom. The van der Waals surface area contributed by atoms with E-state index in [1.165, 1.54) is 6.92 Å². The SMILES string of the molecule is C[C@@H]1C(=O)NCCN1C(=O)N[C@H](c1cnc(C(F)(F)F)c(F)c1)c1ccc(F)c(Cl)c1F. The maximum absolute atomic E-state index is 14.7. The molecule has 2 heterocycles. The summed E-state index contributed by atoms with van der Waals surface area (Å²) in [6, 6.07) is -1.27. The van der Waals surface area contributed by atoms with Gasteiger partial charge in [-0.15, -0.1) is 0 Å². The Balaban J connectivity index is 2.05. The van der Waals surface area contributed by atoms with Crippen LogP contribution in [0.5, 0.6) is 0 Å². The van der Waals surface area contributed by atoms with E-state index in [0.717, 1.165) is 17.0 Å². The monoisotopic (exact) mass is 480 g/mol. The summed E-state index contributed by atoms with van der Waals surface area (Å²) in [5.41, 5.74) is -2.61. The van der Waals surface area contributed by atoms with Gasteiger partial charge in [0.2, 0.25) is 5.91 Å². The van der Waals surface area contributed by atoms with Gasteiger partial charge in [-0.25, -0.2) is 22.9 Å². The lowest BCUT2D eigenvalue weighted by atomic mass is 9.98. The summed E-state index contributed by atoms with van der Waals surface area (Å²) >= 11 is 5.59. The number of piperazine rings is 1. The van der Waals surface area contributed by atoms with Gasteiger partial charge >= 0.3 is 12.2 Å². The van der Waals surface area contributed by atoms with E-state index in [9.17, 15) is 35.9 Å². The van der Waals surface area contributed by atoms with E-state index < -0.39 is 63.9 Å². The molecular formula is C19H15ClF6N4O2. The molecule has 0 unspecified atom stereocenters. The molecule has 2 aromatic rings. The van der Waals surface area contributed by atoms with Crippen LogP contribution in [0.1, 0.15) is 29.8 Å². The van der Waals surface area contributed by atoms with Crippen LogP contribution in [-0.2, 0) is 11.0 Å². The van der Waals surface area contributed by atoms with Crippen molar-refractivity contribution in [3.63, 3.8) is 0 Å². The van der Waals surface area contributed by atoms with Crippen molar-refractivity contribution in [2.45, 2.75) is 25.2 Å². The van der Waals surface area contributed by atoms with Crippen LogP contribution in [0.3, 0.4) is 0 Å². The lowest BCUT2D eigenvalue weighted by Gasteiger charge is -2.34. The first kappa shape index (κ1) is 23.6. The molecule has 6 nitrogen and oxygen atoms in total. The van der Waals surface area contributed by atoms with Gasteiger partial charge in [0, 0.05) is 30.4 Å². The first-order valence-corrected chi connectivity index (χ1v) is 9.50. The summed E-state index contributed by atoms with van der Waals surface area (Å²) in [5, 5.41) is 3.96. The molecule has 1 saturated heterocycles. The molecule has 1 aliphatic rings. The highest BCUT2D eigenvalue weighted by Gasteiger charge is 2.37. The van der Waals surface area contributed by atoms with Gasteiger partial charge in [-0.05, 0) is 19.1 Å². The summed E-state index contributed by atoms with van der Waals surface area (Å²) < 4.78 is 81.0. The molecule has 1 aliphatic heterocycles. The standard InChI is InChI=1S/C19H15ClF6N4O2/c1-8-17(31)27-4-5-30(8)18(32)29-15(10-2-3-11(21)13(20)14(10)23)9-6-12(22)16(28-7-9)19(24,25)26/h2-3,6-8,15H,4-5H2,1H3,(H,27,31)(H,29,32)/t8-,15-/m1/s1. The van der Waals surface area contributed by atoms with Gasteiger partial charge in [0.15, 0.2) is 11.5 Å². The van der Waals surface area contributed by atoms with Crippen molar-refractivity contribution < 1.29 is 35.9 Å². The van der Waals surface area contributed by atoms with Crippen molar-refractivity contribution in [3.8, 4) is 0 Å². The average molecular weight is 481 g/mol. The number of halogens is 7. The van der Waals surface area contributed by atoms with E-state index in [4.69, 9.17) is 11.6 Å². The first-order valence-electron chi connectivity index (χ1n) is 9.12. The smallest absolute Gasteiger partial charge is 0.353 e. The molecule has 0 bridgehead atoms. The number of hydrogen-bond acceptors (Lipinski definition) is 3. The molecule has 13 heteroatoms. The number of carbonyl (C=O) groups excluding carboxylic acids is 2. The van der Waals surface area contributed by atoms with Gasteiger partial charge < -0.3 is 15.5 Å². The number of benzene rings is 1. The lowest BCUT2D eigenvalue weighted by molar-refractivity contribution is -0.143. The fourth-order valence-electron chi connectivity index (χ4n) is 3.19. The minimum Gasteiger partial charge on any atom is -0.353 e. The predicted octanol–water partition coefficient (Wildman–Crippen LogP) is 3.79. The summed E-state index contributed by atoms with van der Waals surface area (Å²) in [6.07, 6.45) is -4.47. The van der Waals surface area contributed by atoms with E-state index in [-0.39, 0.29) is 18.7 Å². The topological polar surface area (TPSA) is 74.3 Å². The lowest BCUT2D eigenvalue weighted by Crippen LogP contribution is -2.58. The number of nitrogens with zero attached hydrogens (tertiary/aromatic N) is 2. The van der Waals surface area contributed by atoms with Crippen molar-refractivity contribution in [1.82, 2.24) is 20.5 Å². The van der Waals surface area contributed by atoms with Crippen molar-refractivity contribution in [2.24, 2.45) is 0 Å². The zero-order valence-corrected chi connectivity index (χ0v) is 17.0. The van der Waals surface area contributed by atoms with Crippen molar-refractivity contribution in [1.29, 1.82) is 0 Å². The van der Waals surface area contributed by atoms with Crippen LogP contribution >= 0.6 is 11.6 Å². The molecule has 0 radical (unpaired) electrons. The number of urea groups is 1. The first-order chi connectivity index (χ1) is 14.9. The minimum absolute atomic E-state index is 0.0811. The zero-order chi connectivity index (χ0) is 23.8. The third-order valence-electron chi connectivity index (χ3n) is 4.87. The van der Waals surface area contributed by atoms with Crippen LogP contribution in [0.2, 0.25) is 5.02 Å². The van der Waals surface area contributed by atoms with Crippen molar-refractivity contribution in [2.75, 3.05) is 13.1 Å². The number of carbonyl (C=O) groups is 2. The Bertz CT molecular complexity index is 1060. The van der Waals surface area contributed by atoms with E-state index in [0.29, 0.717) is 12.3 Å². The Labute approximate surface area is 182 Å². The molecule has 1 aromatic heterocycles. The highest BCUT2D eigenvalue weighted by molar-refractivity contribution is 6.31. The number of hydrogen-bond donors (Lipinski definition) is 2. The maximum Gasteiger partial charge on any atom is 0.436 e. The van der Waals surface area contributed by atoms with Gasteiger partial charge in [0.25, 0.3) is 0 Å². The molecule has 0 saturated carbocycles. The maximum atomic E-state index is 14.7. The number of rotatable bonds is 3. The van der Waals surface area contributed by atoms with Gasteiger partial charge in [0.1, 0.15) is 22.7 Å². The Kier molecular flexibility index (Phi) is 6.54. The van der Waals surface area contributed by atoms with Crippen LogP contribution in [0.25, 0.3) is 0 Å². The number of alkyl halides is 3. The molecule has 1 aromatic carbocycles. The van der Waals surface area contributed by atoms with Crippen LogP contribution in [0.4, 0.5) is 31.1 Å². The summed E-state index contributed by atoms with van der Waals surface area (Å²) in [7, 11) is 0. The second-order valence-electron chi connectivity index (χ2n) is 6.90. The van der Waals surface area contributed by atoms with Gasteiger partial charge in [-0.2, -0.15) is 13.2 Å². The van der Waals surface area contributed by atoms with E-state index in [1.54, 1.807) is 0 Å². The minimum atomic E-state index is -5.08. The van der Waals surface area contributed by atoms with E-state index >= 15 is 0 Å². The second-order valence-corrected chi connectivity index (χ2v) is 7.28. The van der Waals surface area contributed by atoms with Crippen LogP contribution in [-0.4, -0.2) is 41.0 Å². The van der Waals surface area contributed by atoms with E-state index in [2.05, 4.69) is 15.6 Å². The third-order valence-corrected chi connectivity index (χ3v) is 5.21. The third kappa shape index (κ3) is 4.59. The highest BCUT2D eigenvalue weighted by Crippen LogP contribution is 2.34. The van der Waals surface area contributed by atoms with Gasteiger partial charge in [-0.3, -0.25) is 4.79 Å². The van der Waals surface area contributed by atoms with Crippen LogP contribution < -0.4 is 10.6 Å². The Hall–Kier alpha value is -3.02.